The lowest BCUT2D eigenvalue weighted by molar-refractivity contribution is -0.142. The number of aliphatic hydroxyl groups excluding tert-OH is 1. The normalized spacial score (nSPS) is 28.5. The lowest BCUT2D eigenvalue weighted by Crippen LogP contribution is -2.53. The topological polar surface area (TPSA) is 96.4 Å². The molecule has 0 aromatic heterocycles. The number of rotatable bonds is 4. The van der Waals surface area contributed by atoms with Gasteiger partial charge in [-0.25, -0.2) is 14.0 Å². The Labute approximate surface area is 190 Å². The second kappa shape index (κ2) is 7.92. The second-order valence-electron chi connectivity index (χ2n) is 9.39. The SMILES string of the molecule is CC1=C(N2CCC3(CCN(CC(O)c4ccc5c(c4C)COC5=O)CC3F)C2=O)COC1=O. The van der Waals surface area contributed by atoms with Gasteiger partial charge >= 0.3 is 11.9 Å². The van der Waals surface area contributed by atoms with Gasteiger partial charge in [-0.15, -0.1) is 0 Å². The van der Waals surface area contributed by atoms with Crippen LogP contribution < -0.4 is 0 Å². The van der Waals surface area contributed by atoms with Crippen LogP contribution in [0, 0.1) is 12.3 Å². The molecule has 1 amide bonds. The number of benzene rings is 1. The number of aliphatic hydroxyl groups is 1. The smallest absolute Gasteiger partial charge is 0.338 e. The zero-order valence-corrected chi connectivity index (χ0v) is 18.7. The molecule has 9 heteroatoms. The van der Waals surface area contributed by atoms with E-state index in [0.29, 0.717) is 48.3 Å². The predicted molar refractivity (Wildman–Crippen MR) is 114 cm³/mol. The Bertz CT molecular complexity index is 1080. The number of cyclic esters (lactones) is 2. The largest absolute Gasteiger partial charge is 0.457 e. The van der Waals surface area contributed by atoms with E-state index in [9.17, 15) is 19.5 Å². The molecule has 0 radical (unpaired) electrons. The Kier molecular flexibility index (Phi) is 5.29. The number of alkyl halides is 1. The highest BCUT2D eigenvalue weighted by atomic mass is 19.1. The van der Waals surface area contributed by atoms with Gasteiger partial charge in [-0.2, -0.15) is 0 Å². The summed E-state index contributed by atoms with van der Waals surface area (Å²) in [6.45, 7) is 4.87. The molecule has 2 saturated heterocycles. The van der Waals surface area contributed by atoms with Crippen molar-refractivity contribution >= 4 is 17.8 Å². The minimum atomic E-state index is -1.37. The van der Waals surface area contributed by atoms with Gasteiger partial charge in [-0.1, -0.05) is 6.07 Å². The van der Waals surface area contributed by atoms with Gasteiger partial charge < -0.3 is 19.5 Å². The van der Waals surface area contributed by atoms with Crippen molar-refractivity contribution in [1.82, 2.24) is 9.80 Å². The molecule has 3 unspecified atom stereocenters. The first-order valence-electron chi connectivity index (χ1n) is 11.3. The molecule has 1 aromatic rings. The molecule has 176 valence electrons. The molecule has 3 atom stereocenters. The van der Waals surface area contributed by atoms with Crippen molar-refractivity contribution in [3.05, 3.63) is 45.7 Å². The van der Waals surface area contributed by atoms with Crippen LogP contribution in [0.3, 0.4) is 0 Å². The van der Waals surface area contributed by atoms with Gasteiger partial charge in [0.2, 0.25) is 5.91 Å². The van der Waals surface area contributed by atoms with Crippen molar-refractivity contribution in [2.24, 2.45) is 5.41 Å². The summed E-state index contributed by atoms with van der Waals surface area (Å²) < 4.78 is 25.6. The molecule has 0 bridgehead atoms. The van der Waals surface area contributed by atoms with Crippen LogP contribution in [-0.2, 0) is 25.7 Å². The molecule has 8 nitrogen and oxygen atoms in total. The number of β-amino-alcohol motifs (C(OH)–C–C–N with tert-alkyl or cyclic N) is 1. The van der Waals surface area contributed by atoms with Crippen LogP contribution in [0.2, 0.25) is 0 Å². The number of hydrogen-bond acceptors (Lipinski definition) is 7. The van der Waals surface area contributed by atoms with Gasteiger partial charge in [0.25, 0.3) is 0 Å². The fourth-order valence-corrected chi connectivity index (χ4v) is 5.56. The van der Waals surface area contributed by atoms with Gasteiger partial charge in [0, 0.05) is 25.2 Å². The molecule has 1 spiro atoms. The maximum absolute atomic E-state index is 15.5. The predicted octanol–water partition coefficient (Wildman–Crippen LogP) is 1.79. The first-order chi connectivity index (χ1) is 15.7. The van der Waals surface area contributed by atoms with Crippen LogP contribution in [0.5, 0.6) is 0 Å². The lowest BCUT2D eigenvalue weighted by Gasteiger charge is -2.41. The molecular formula is C24H27FN2O6. The Morgan fingerprint density at radius 2 is 1.85 bits per heavy atom. The summed E-state index contributed by atoms with van der Waals surface area (Å²) in [5.74, 6) is -1.07. The maximum atomic E-state index is 15.5. The molecule has 5 rings (SSSR count). The number of fused-ring (bicyclic) bond motifs is 1. The number of esters is 2. The Morgan fingerprint density at radius 1 is 1.12 bits per heavy atom. The molecular weight excluding hydrogens is 431 g/mol. The summed E-state index contributed by atoms with van der Waals surface area (Å²) in [4.78, 5) is 40.1. The van der Waals surface area contributed by atoms with E-state index in [1.54, 1.807) is 19.1 Å². The first-order valence-corrected chi connectivity index (χ1v) is 11.3. The van der Waals surface area contributed by atoms with Crippen molar-refractivity contribution in [2.45, 2.75) is 45.6 Å². The lowest BCUT2D eigenvalue weighted by atomic mass is 9.75. The van der Waals surface area contributed by atoms with Gasteiger partial charge in [-0.3, -0.25) is 9.69 Å². The van der Waals surface area contributed by atoms with E-state index in [-0.39, 0.29) is 38.2 Å². The standard InChI is InChI=1S/C24H27FN2O6/c1-13-15(3-4-16-17(13)11-32-22(16)30)19(28)9-26-7-5-24(20(25)10-26)6-8-27(23(24)31)18-12-33-21(29)14(18)2/h3-4,19-20,28H,5-12H2,1-2H3. The number of amides is 1. The van der Waals surface area contributed by atoms with Crippen molar-refractivity contribution in [3.8, 4) is 0 Å². The number of carbonyl (C=O) groups is 3. The monoisotopic (exact) mass is 458 g/mol. The van der Waals surface area contributed by atoms with Crippen LogP contribution >= 0.6 is 0 Å². The molecule has 1 N–H and O–H groups in total. The van der Waals surface area contributed by atoms with E-state index in [0.717, 1.165) is 11.1 Å². The summed E-state index contributed by atoms with van der Waals surface area (Å²) in [5, 5.41) is 10.9. The number of hydrogen-bond donors (Lipinski definition) is 1. The zero-order valence-electron chi connectivity index (χ0n) is 18.7. The van der Waals surface area contributed by atoms with Gasteiger partial charge in [0.15, 0.2) is 0 Å². The molecule has 4 heterocycles. The third-order valence-corrected chi connectivity index (χ3v) is 7.75. The Hall–Kier alpha value is -2.78. The average molecular weight is 458 g/mol. The zero-order chi connectivity index (χ0) is 23.5. The molecule has 33 heavy (non-hydrogen) atoms. The van der Waals surface area contributed by atoms with E-state index in [1.807, 2.05) is 11.8 Å². The molecule has 1 aromatic carbocycles. The highest BCUT2D eigenvalue weighted by Gasteiger charge is 2.56. The number of piperidine rings is 1. The van der Waals surface area contributed by atoms with Crippen molar-refractivity contribution in [3.63, 3.8) is 0 Å². The fraction of sp³-hybridized carbons (Fsp3) is 0.542. The summed E-state index contributed by atoms with van der Waals surface area (Å²) in [5.41, 5.74) is 2.68. The molecule has 2 fully saturated rings. The van der Waals surface area contributed by atoms with Crippen molar-refractivity contribution in [2.75, 3.05) is 32.8 Å². The van der Waals surface area contributed by atoms with Gasteiger partial charge in [0.1, 0.15) is 19.4 Å². The number of nitrogens with zero attached hydrogens (tertiary/aromatic N) is 2. The Balaban J connectivity index is 1.27. The summed E-state index contributed by atoms with van der Waals surface area (Å²) >= 11 is 0. The number of likely N-dealkylation sites (tertiary alicyclic amines) is 2. The maximum Gasteiger partial charge on any atom is 0.338 e. The summed E-state index contributed by atoms with van der Waals surface area (Å²) in [7, 11) is 0. The van der Waals surface area contributed by atoms with Crippen molar-refractivity contribution in [1.29, 1.82) is 0 Å². The minimum absolute atomic E-state index is 0.0513. The third-order valence-electron chi connectivity index (χ3n) is 7.75. The van der Waals surface area contributed by atoms with Gasteiger partial charge in [0.05, 0.1) is 28.4 Å². The molecule has 0 saturated carbocycles. The van der Waals surface area contributed by atoms with Crippen LogP contribution in [0.15, 0.2) is 23.4 Å². The highest BCUT2D eigenvalue weighted by Crippen LogP contribution is 2.45. The summed E-state index contributed by atoms with van der Waals surface area (Å²) in [6.07, 6.45) is -1.48. The number of ether oxygens (including phenoxy) is 2. The van der Waals surface area contributed by atoms with E-state index < -0.39 is 23.7 Å². The average Bonchev–Trinajstić information content (AvgIpc) is 3.43. The summed E-state index contributed by atoms with van der Waals surface area (Å²) in [6, 6.07) is 3.39. The fourth-order valence-electron chi connectivity index (χ4n) is 5.56. The van der Waals surface area contributed by atoms with E-state index >= 15 is 4.39 Å². The van der Waals surface area contributed by atoms with E-state index in [2.05, 4.69) is 0 Å². The molecule has 4 aliphatic heterocycles. The highest BCUT2D eigenvalue weighted by molar-refractivity contribution is 5.95. The number of carbonyl (C=O) groups excluding carboxylic acids is 3. The molecule has 4 aliphatic rings. The first kappa shape index (κ1) is 22.0. The van der Waals surface area contributed by atoms with Crippen molar-refractivity contribution < 1.29 is 33.4 Å². The molecule has 0 aliphatic carbocycles. The minimum Gasteiger partial charge on any atom is -0.457 e. The van der Waals surface area contributed by atoms with Gasteiger partial charge in [-0.05, 0) is 50.4 Å². The van der Waals surface area contributed by atoms with Crippen LogP contribution in [0.25, 0.3) is 0 Å². The van der Waals surface area contributed by atoms with E-state index in [1.165, 1.54) is 4.90 Å². The van der Waals surface area contributed by atoms with E-state index in [4.69, 9.17) is 9.47 Å². The Morgan fingerprint density at radius 3 is 2.55 bits per heavy atom. The second-order valence-corrected chi connectivity index (χ2v) is 9.39. The quantitative estimate of drug-likeness (QED) is 0.688. The van der Waals surface area contributed by atoms with Crippen LogP contribution in [0.4, 0.5) is 4.39 Å². The third kappa shape index (κ3) is 3.36. The van der Waals surface area contributed by atoms with Crippen LogP contribution in [0.1, 0.15) is 52.9 Å². The van der Waals surface area contributed by atoms with Crippen LogP contribution in [-0.4, -0.2) is 71.7 Å². The number of halogens is 1.